The third-order valence-electron chi connectivity index (χ3n) is 4.12. The molecule has 3 aromatic rings. The maximum absolute atomic E-state index is 12.5. The van der Waals surface area contributed by atoms with E-state index in [4.69, 9.17) is 0 Å². The van der Waals surface area contributed by atoms with E-state index in [0.29, 0.717) is 11.3 Å². The Kier molecular flexibility index (Phi) is 5.39. The molecule has 0 spiro atoms. The maximum atomic E-state index is 12.5. The summed E-state index contributed by atoms with van der Waals surface area (Å²) in [5.41, 5.74) is 3.02. The minimum absolute atomic E-state index is 0.129. The van der Waals surface area contributed by atoms with Crippen LogP contribution >= 0.6 is 0 Å². The quantitative estimate of drug-likeness (QED) is 0.731. The van der Waals surface area contributed by atoms with Crippen LogP contribution in [0.25, 0.3) is 11.1 Å². The lowest BCUT2D eigenvalue weighted by Gasteiger charge is -2.13. The Morgan fingerprint density at radius 2 is 1.44 bits per heavy atom. The summed E-state index contributed by atoms with van der Waals surface area (Å²) in [6, 6.07) is 23.4. The Labute approximate surface area is 159 Å². The summed E-state index contributed by atoms with van der Waals surface area (Å²) in [5.74, 6) is -0.297. The van der Waals surface area contributed by atoms with Gasteiger partial charge in [0.25, 0.3) is 5.91 Å². The van der Waals surface area contributed by atoms with Gasteiger partial charge in [0.2, 0.25) is 10.0 Å². The van der Waals surface area contributed by atoms with E-state index in [0.717, 1.165) is 15.4 Å². The monoisotopic (exact) mass is 380 g/mol. The lowest BCUT2D eigenvalue weighted by Crippen LogP contribution is -2.22. The summed E-state index contributed by atoms with van der Waals surface area (Å²) in [6.07, 6.45) is 0. The zero-order chi connectivity index (χ0) is 19.4. The van der Waals surface area contributed by atoms with Gasteiger partial charge < -0.3 is 5.32 Å². The molecule has 0 aliphatic rings. The summed E-state index contributed by atoms with van der Waals surface area (Å²) < 4.78 is 25.6. The highest BCUT2D eigenvalue weighted by Gasteiger charge is 2.17. The number of carbonyl (C=O) groups excluding carboxylic acids is 1. The molecular formula is C21H20N2O3S. The zero-order valence-corrected chi connectivity index (χ0v) is 15.9. The molecule has 0 aliphatic carbocycles. The van der Waals surface area contributed by atoms with Crippen molar-refractivity contribution >= 4 is 21.6 Å². The van der Waals surface area contributed by atoms with Gasteiger partial charge in [-0.25, -0.2) is 12.7 Å². The number of sulfonamides is 1. The van der Waals surface area contributed by atoms with Gasteiger partial charge >= 0.3 is 0 Å². The van der Waals surface area contributed by atoms with E-state index in [9.17, 15) is 13.2 Å². The molecule has 0 atom stereocenters. The molecule has 27 heavy (non-hydrogen) atoms. The number of carbonyl (C=O) groups is 1. The molecule has 0 radical (unpaired) electrons. The Morgan fingerprint density at radius 3 is 2.07 bits per heavy atom. The fourth-order valence-electron chi connectivity index (χ4n) is 2.59. The molecule has 3 aromatic carbocycles. The van der Waals surface area contributed by atoms with Crippen molar-refractivity contribution in [2.45, 2.75) is 4.90 Å². The molecule has 0 fully saturated rings. The number of hydrogen-bond acceptors (Lipinski definition) is 3. The minimum Gasteiger partial charge on any atom is -0.322 e. The van der Waals surface area contributed by atoms with Crippen molar-refractivity contribution in [3.63, 3.8) is 0 Å². The van der Waals surface area contributed by atoms with E-state index < -0.39 is 10.0 Å². The van der Waals surface area contributed by atoms with E-state index >= 15 is 0 Å². The molecule has 0 saturated carbocycles. The fourth-order valence-corrected chi connectivity index (χ4v) is 3.54. The van der Waals surface area contributed by atoms with E-state index in [1.54, 1.807) is 24.3 Å². The van der Waals surface area contributed by atoms with Crippen molar-refractivity contribution in [3.8, 4) is 11.1 Å². The second-order valence-electron chi connectivity index (χ2n) is 6.21. The van der Waals surface area contributed by atoms with E-state index in [-0.39, 0.29) is 10.8 Å². The van der Waals surface area contributed by atoms with Crippen LogP contribution in [-0.4, -0.2) is 32.7 Å². The van der Waals surface area contributed by atoms with Gasteiger partial charge in [0.15, 0.2) is 0 Å². The number of anilines is 1. The number of amides is 1. The number of rotatable bonds is 5. The lowest BCUT2D eigenvalue weighted by atomic mass is 10.0. The normalized spacial score (nSPS) is 11.4. The summed E-state index contributed by atoms with van der Waals surface area (Å²) >= 11 is 0. The van der Waals surface area contributed by atoms with E-state index in [2.05, 4.69) is 5.32 Å². The molecule has 0 aromatic heterocycles. The van der Waals surface area contributed by atoms with Crippen molar-refractivity contribution in [1.29, 1.82) is 0 Å². The molecule has 0 heterocycles. The number of hydrogen-bond donors (Lipinski definition) is 1. The average Bonchev–Trinajstić information content (AvgIpc) is 2.69. The topological polar surface area (TPSA) is 66.5 Å². The predicted molar refractivity (Wildman–Crippen MR) is 107 cm³/mol. The Hall–Kier alpha value is -2.96. The molecule has 6 heteroatoms. The first-order valence-electron chi connectivity index (χ1n) is 8.37. The molecule has 0 bridgehead atoms. The van der Waals surface area contributed by atoms with Crippen LogP contribution in [0.15, 0.2) is 83.8 Å². The van der Waals surface area contributed by atoms with Gasteiger partial charge in [-0.15, -0.1) is 0 Å². The SMILES string of the molecule is CN(C)S(=O)(=O)c1cccc(NC(=O)c2ccc(-c3ccccc3)cc2)c1. The number of nitrogens with zero attached hydrogens (tertiary/aromatic N) is 1. The highest BCUT2D eigenvalue weighted by Crippen LogP contribution is 2.21. The van der Waals surface area contributed by atoms with E-state index in [1.807, 2.05) is 42.5 Å². The van der Waals surface area contributed by atoms with Crippen LogP contribution in [-0.2, 0) is 10.0 Å². The first-order chi connectivity index (χ1) is 12.9. The summed E-state index contributed by atoms with van der Waals surface area (Å²) in [6.45, 7) is 0. The summed E-state index contributed by atoms with van der Waals surface area (Å²) in [7, 11) is -0.620. The smallest absolute Gasteiger partial charge is 0.255 e. The maximum Gasteiger partial charge on any atom is 0.255 e. The van der Waals surface area contributed by atoms with Crippen molar-refractivity contribution in [3.05, 3.63) is 84.4 Å². The summed E-state index contributed by atoms with van der Waals surface area (Å²) in [4.78, 5) is 12.6. The predicted octanol–water partition coefficient (Wildman–Crippen LogP) is 3.86. The molecule has 3 rings (SSSR count). The van der Waals surface area contributed by atoms with Gasteiger partial charge in [0, 0.05) is 25.3 Å². The second kappa shape index (κ2) is 7.73. The number of nitrogens with one attached hydrogen (secondary N) is 1. The molecule has 0 unspecified atom stereocenters. The van der Waals surface area contributed by atoms with Gasteiger partial charge in [0.1, 0.15) is 0 Å². The average molecular weight is 380 g/mol. The molecular weight excluding hydrogens is 360 g/mol. The lowest BCUT2D eigenvalue weighted by molar-refractivity contribution is 0.102. The van der Waals surface area contributed by atoms with Gasteiger partial charge in [-0.3, -0.25) is 4.79 Å². The van der Waals surface area contributed by atoms with Gasteiger partial charge in [0.05, 0.1) is 4.90 Å². The van der Waals surface area contributed by atoms with Gasteiger partial charge in [-0.05, 0) is 41.5 Å². The molecule has 1 amide bonds. The molecule has 138 valence electrons. The van der Waals surface area contributed by atoms with Crippen LogP contribution in [0.3, 0.4) is 0 Å². The molecule has 5 nitrogen and oxygen atoms in total. The van der Waals surface area contributed by atoms with Crippen LogP contribution in [0, 0.1) is 0 Å². The Bertz CT molecular complexity index is 1040. The van der Waals surface area contributed by atoms with E-state index in [1.165, 1.54) is 26.2 Å². The highest BCUT2D eigenvalue weighted by molar-refractivity contribution is 7.89. The third-order valence-corrected chi connectivity index (χ3v) is 5.94. The van der Waals surface area contributed by atoms with Crippen LogP contribution in [0.4, 0.5) is 5.69 Å². The third kappa shape index (κ3) is 4.24. The Morgan fingerprint density at radius 1 is 0.815 bits per heavy atom. The molecule has 1 N–H and O–H groups in total. The van der Waals surface area contributed by atoms with Gasteiger partial charge in [-0.1, -0.05) is 48.5 Å². The number of benzene rings is 3. The summed E-state index contributed by atoms with van der Waals surface area (Å²) in [5, 5.41) is 2.75. The van der Waals surface area contributed by atoms with Crippen molar-refractivity contribution < 1.29 is 13.2 Å². The largest absolute Gasteiger partial charge is 0.322 e. The van der Waals surface area contributed by atoms with Crippen molar-refractivity contribution in [1.82, 2.24) is 4.31 Å². The first-order valence-corrected chi connectivity index (χ1v) is 9.81. The molecule has 0 saturated heterocycles. The fraction of sp³-hybridized carbons (Fsp3) is 0.0952. The van der Waals surface area contributed by atoms with Crippen molar-refractivity contribution in [2.75, 3.05) is 19.4 Å². The minimum atomic E-state index is -3.55. The Balaban J connectivity index is 1.78. The first kappa shape index (κ1) is 18.8. The van der Waals surface area contributed by atoms with Crippen molar-refractivity contribution in [2.24, 2.45) is 0 Å². The highest BCUT2D eigenvalue weighted by atomic mass is 32.2. The van der Waals surface area contributed by atoms with Crippen LogP contribution in [0.1, 0.15) is 10.4 Å². The standard InChI is InChI=1S/C21H20N2O3S/c1-23(2)27(25,26)20-10-6-9-19(15-20)22-21(24)18-13-11-17(12-14-18)16-7-4-3-5-8-16/h3-15H,1-2H3,(H,22,24). The zero-order valence-electron chi connectivity index (χ0n) is 15.1. The van der Waals surface area contributed by atoms with Crippen LogP contribution in [0.2, 0.25) is 0 Å². The van der Waals surface area contributed by atoms with Gasteiger partial charge in [-0.2, -0.15) is 0 Å². The molecule has 0 aliphatic heterocycles. The second-order valence-corrected chi connectivity index (χ2v) is 8.36. The van der Waals surface area contributed by atoms with Crippen LogP contribution < -0.4 is 5.32 Å². The van der Waals surface area contributed by atoms with Crippen LogP contribution in [0.5, 0.6) is 0 Å².